The third-order valence-corrected chi connectivity index (χ3v) is 5.51. The van der Waals surface area contributed by atoms with Crippen molar-refractivity contribution in [3.8, 4) is 0 Å². The number of nitrogens with zero attached hydrogens (tertiary/aromatic N) is 2. The fourth-order valence-corrected chi connectivity index (χ4v) is 4.41. The highest BCUT2D eigenvalue weighted by atomic mass is 16.4. The molecule has 120 valence electrons. The first-order chi connectivity index (χ1) is 10.5. The molecule has 0 spiro atoms. The van der Waals surface area contributed by atoms with Crippen LogP contribution in [0.2, 0.25) is 0 Å². The Morgan fingerprint density at radius 3 is 2.77 bits per heavy atom. The van der Waals surface area contributed by atoms with Crippen molar-refractivity contribution >= 4 is 5.97 Å². The van der Waals surface area contributed by atoms with Crippen LogP contribution in [-0.2, 0) is 6.42 Å². The molecule has 22 heavy (non-hydrogen) atoms. The predicted octanol–water partition coefficient (Wildman–Crippen LogP) is 4.06. The molecule has 2 fully saturated rings. The first-order valence-electron chi connectivity index (χ1n) is 8.63. The molecule has 0 amide bonds. The van der Waals surface area contributed by atoms with E-state index in [2.05, 4.69) is 9.97 Å². The van der Waals surface area contributed by atoms with Crippen LogP contribution in [-0.4, -0.2) is 21.0 Å². The second-order valence-electron chi connectivity index (χ2n) is 7.37. The van der Waals surface area contributed by atoms with Crippen molar-refractivity contribution in [1.29, 1.82) is 0 Å². The van der Waals surface area contributed by atoms with Gasteiger partial charge in [0, 0.05) is 12.6 Å². The largest absolute Gasteiger partial charge is 0.478 e. The van der Waals surface area contributed by atoms with Gasteiger partial charge in [0.05, 0.1) is 11.3 Å². The Labute approximate surface area is 132 Å². The lowest BCUT2D eigenvalue weighted by Crippen LogP contribution is -2.12. The van der Waals surface area contributed by atoms with Crippen molar-refractivity contribution in [2.75, 3.05) is 0 Å². The lowest BCUT2D eigenvalue weighted by molar-refractivity contribution is 0.0694. The highest BCUT2D eigenvalue weighted by Gasteiger charge is 2.38. The number of rotatable bonds is 6. The number of carboxylic acids is 1. The summed E-state index contributed by atoms with van der Waals surface area (Å²) in [6, 6.07) is 0. The number of aromatic carboxylic acids is 1. The maximum absolute atomic E-state index is 11.2. The average Bonchev–Trinajstić information content (AvgIpc) is 3.09. The summed E-state index contributed by atoms with van der Waals surface area (Å²) in [5.41, 5.74) is 0.907. The molecule has 2 bridgehead atoms. The number of fused-ring (bicyclic) bond motifs is 2. The van der Waals surface area contributed by atoms with Gasteiger partial charge in [-0.2, -0.15) is 0 Å². The molecule has 2 saturated carbocycles. The Bertz CT molecular complexity index is 556. The molecule has 0 aromatic carbocycles. The summed E-state index contributed by atoms with van der Waals surface area (Å²) in [6.45, 7) is 3.96. The third kappa shape index (κ3) is 3.16. The van der Waals surface area contributed by atoms with E-state index in [1.54, 1.807) is 0 Å². The fraction of sp³-hybridized carbons (Fsp3) is 0.722. The molecule has 3 atom stereocenters. The fourth-order valence-electron chi connectivity index (χ4n) is 4.41. The van der Waals surface area contributed by atoms with Gasteiger partial charge in [0.2, 0.25) is 0 Å². The molecule has 2 aliphatic rings. The van der Waals surface area contributed by atoms with Gasteiger partial charge < -0.3 is 5.11 Å². The number of hydrogen-bond donors (Lipinski definition) is 1. The van der Waals surface area contributed by atoms with Gasteiger partial charge in [-0.1, -0.05) is 20.3 Å². The van der Waals surface area contributed by atoms with Crippen LogP contribution >= 0.6 is 0 Å². The Balaban J connectivity index is 1.58. The lowest BCUT2D eigenvalue weighted by atomic mass is 9.85. The molecule has 0 unspecified atom stereocenters. The average molecular weight is 302 g/mol. The number of aromatic nitrogens is 2. The van der Waals surface area contributed by atoms with E-state index in [-0.39, 0.29) is 11.5 Å². The minimum atomic E-state index is -0.933. The standard InChI is InChI=1S/C18H26N2O2/c1-11(2)17-15(18(21)22)10-19-16(20-17)5-3-4-13-8-12-6-7-14(13)9-12/h10-14H,3-9H2,1-2H3,(H,21,22)/t12-,13-,14-/m0/s1. The van der Waals surface area contributed by atoms with Gasteiger partial charge in [0.15, 0.2) is 0 Å². The van der Waals surface area contributed by atoms with Crippen LogP contribution in [0.25, 0.3) is 0 Å². The Hall–Kier alpha value is -1.45. The van der Waals surface area contributed by atoms with E-state index in [4.69, 9.17) is 0 Å². The van der Waals surface area contributed by atoms with Crippen LogP contribution < -0.4 is 0 Å². The zero-order chi connectivity index (χ0) is 15.7. The van der Waals surface area contributed by atoms with Gasteiger partial charge in [-0.3, -0.25) is 0 Å². The van der Waals surface area contributed by atoms with Crippen molar-refractivity contribution in [2.45, 2.75) is 64.7 Å². The lowest BCUT2D eigenvalue weighted by Gasteiger charge is -2.21. The summed E-state index contributed by atoms with van der Waals surface area (Å²) in [5, 5.41) is 9.21. The molecule has 1 N–H and O–H groups in total. The molecule has 1 heterocycles. The molecule has 1 aromatic rings. The van der Waals surface area contributed by atoms with Crippen LogP contribution in [0, 0.1) is 17.8 Å². The summed E-state index contributed by atoms with van der Waals surface area (Å²) >= 11 is 0. The maximum atomic E-state index is 11.2. The first kappa shape index (κ1) is 15.4. The van der Waals surface area contributed by atoms with Gasteiger partial charge >= 0.3 is 5.97 Å². The van der Waals surface area contributed by atoms with E-state index in [1.165, 1.54) is 38.3 Å². The number of carboxylic acid groups (broad SMARTS) is 1. The van der Waals surface area contributed by atoms with E-state index < -0.39 is 5.97 Å². The molecule has 0 saturated heterocycles. The molecule has 3 rings (SSSR count). The van der Waals surface area contributed by atoms with E-state index in [1.807, 2.05) is 13.8 Å². The highest BCUT2D eigenvalue weighted by molar-refractivity contribution is 5.88. The third-order valence-electron chi connectivity index (χ3n) is 5.51. The molecule has 0 aliphatic heterocycles. The molecule has 4 nitrogen and oxygen atoms in total. The molecule has 4 heteroatoms. The smallest absolute Gasteiger partial charge is 0.339 e. The Kier molecular flexibility index (Phi) is 4.46. The second kappa shape index (κ2) is 6.35. The van der Waals surface area contributed by atoms with Crippen LogP contribution in [0.15, 0.2) is 6.20 Å². The Morgan fingerprint density at radius 1 is 1.36 bits per heavy atom. The monoisotopic (exact) mass is 302 g/mol. The minimum Gasteiger partial charge on any atom is -0.478 e. The van der Waals surface area contributed by atoms with Crippen molar-refractivity contribution in [1.82, 2.24) is 9.97 Å². The van der Waals surface area contributed by atoms with E-state index in [0.717, 1.165) is 36.4 Å². The van der Waals surface area contributed by atoms with Gasteiger partial charge in [0.1, 0.15) is 5.82 Å². The normalized spacial score (nSPS) is 26.8. The maximum Gasteiger partial charge on any atom is 0.339 e. The topological polar surface area (TPSA) is 63.1 Å². The zero-order valence-corrected chi connectivity index (χ0v) is 13.6. The number of hydrogen-bond acceptors (Lipinski definition) is 3. The van der Waals surface area contributed by atoms with Crippen molar-refractivity contribution in [3.05, 3.63) is 23.3 Å². The predicted molar refractivity (Wildman–Crippen MR) is 85.0 cm³/mol. The molecule has 2 aliphatic carbocycles. The zero-order valence-electron chi connectivity index (χ0n) is 13.6. The summed E-state index contributed by atoms with van der Waals surface area (Å²) in [6.07, 6.45) is 10.5. The van der Waals surface area contributed by atoms with Crippen molar-refractivity contribution in [3.63, 3.8) is 0 Å². The minimum absolute atomic E-state index is 0.110. The van der Waals surface area contributed by atoms with Crippen LogP contribution in [0.1, 0.15) is 80.2 Å². The first-order valence-corrected chi connectivity index (χ1v) is 8.63. The number of aryl methyl sites for hydroxylation is 1. The summed E-state index contributed by atoms with van der Waals surface area (Å²) in [5.74, 6) is 2.88. The summed E-state index contributed by atoms with van der Waals surface area (Å²) in [4.78, 5) is 20.0. The van der Waals surface area contributed by atoms with E-state index >= 15 is 0 Å². The van der Waals surface area contributed by atoms with Gasteiger partial charge in [0.25, 0.3) is 0 Å². The van der Waals surface area contributed by atoms with Gasteiger partial charge in [-0.25, -0.2) is 14.8 Å². The molecular formula is C18H26N2O2. The van der Waals surface area contributed by atoms with Gasteiger partial charge in [-0.15, -0.1) is 0 Å². The summed E-state index contributed by atoms with van der Waals surface area (Å²) < 4.78 is 0. The van der Waals surface area contributed by atoms with Crippen LogP contribution in [0.3, 0.4) is 0 Å². The van der Waals surface area contributed by atoms with Gasteiger partial charge in [-0.05, 0) is 55.8 Å². The molecule has 1 aromatic heterocycles. The van der Waals surface area contributed by atoms with Crippen molar-refractivity contribution < 1.29 is 9.90 Å². The SMILES string of the molecule is CC(C)c1nc(CCC[C@H]2C[C@@H]3CC[C@H]2C3)ncc1C(=O)O. The number of carbonyl (C=O) groups is 1. The van der Waals surface area contributed by atoms with Crippen LogP contribution in [0.5, 0.6) is 0 Å². The second-order valence-corrected chi connectivity index (χ2v) is 7.37. The quantitative estimate of drug-likeness (QED) is 0.860. The highest BCUT2D eigenvalue weighted by Crippen LogP contribution is 2.49. The van der Waals surface area contributed by atoms with Crippen molar-refractivity contribution in [2.24, 2.45) is 17.8 Å². The molecular weight excluding hydrogens is 276 g/mol. The molecule has 0 radical (unpaired) electrons. The summed E-state index contributed by atoms with van der Waals surface area (Å²) in [7, 11) is 0. The Morgan fingerprint density at radius 2 is 2.18 bits per heavy atom. The van der Waals surface area contributed by atoms with Crippen LogP contribution in [0.4, 0.5) is 0 Å². The van der Waals surface area contributed by atoms with E-state index in [9.17, 15) is 9.90 Å². The van der Waals surface area contributed by atoms with E-state index in [0.29, 0.717) is 5.69 Å².